The van der Waals surface area contributed by atoms with Crippen molar-refractivity contribution in [3.05, 3.63) is 30.5 Å². The number of rotatable bonds is 1. The van der Waals surface area contributed by atoms with Gasteiger partial charge in [0.25, 0.3) is 0 Å². The van der Waals surface area contributed by atoms with Gasteiger partial charge in [0.05, 0.1) is 5.52 Å². The van der Waals surface area contributed by atoms with Crippen molar-refractivity contribution in [2.24, 2.45) is 0 Å². The summed E-state index contributed by atoms with van der Waals surface area (Å²) >= 11 is 2.26. The number of hydrogen-bond donors (Lipinski definition) is 1. The minimum absolute atomic E-state index is 0.818. The molecule has 1 aromatic heterocycles. The summed E-state index contributed by atoms with van der Waals surface area (Å²) in [7, 11) is 1.66. The molecule has 12 heavy (non-hydrogen) atoms. The van der Waals surface area contributed by atoms with Crippen molar-refractivity contribution in [2.75, 3.05) is 5.73 Å². The van der Waals surface area contributed by atoms with Crippen LogP contribution in [0.15, 0.2) is 30.5 Å². The molecule has 1 aromatic carbocycles. The minimum Gasteiger partial charge on any atom is -0.399 e. The van der Waals surface area contributed by atoms with Crippen LogP contribution in [-0.2, 0) is 0 Å². The van der Waals surface area contributed by atoms with Gasteiger partial charge in [0.2, 0.25) is 0 Å². The Morgan fingerprint density at radius 2 is 2.17 bits per heavy atom. The van der Waals surface area contributed by atoms with Crippen molar-refractivity contribution in [3.8, 4) is 0 Å². The summed E-state index contributed by atoms with van der Waals surface area (Å²) < 4.78 is 2.11. The highest BCUT2D eigenvalue weighted by molar-refractivity contribution is 14.2. The van der Waals surface area contributed by atoms with E-state index in [1.807, 2.05) is 24.4 Å². The lowest BCUT2D eigenvalue weighted by molar-refractivity contribution is 1.37. The Labute approximate surface area is 86.8 Å². The molecule has 0 spiro atoms. The van der Waals surface area contributed by atoms with Crippen LogP contribution in [0.3, 0.4) is 0 Å². The fraction of sp³-hybridized carbons (Fsp3) is 0. The van der Waals surface area contributed by atoms with Gasteiger partial charge < -0.3 is 5.73 Å². The molecule has 0 atom stereocenters. The van der Waals surface area contributed by atoms with Crippen molar-refractivity contribution in [1.82, 2.24) is 3.97 Å². The zero-order valence-electron chi connectivity index (χ0n) is 6.20. The average Bonchev–Trinajstić information content (AvgIpc) is 2.46. The zero-order valence-corrected chi connectivity index (χ0v) is 9.17. The Bertz CT molecular complexity index is 410. The summed E-state index contributed by atoms with van der Waals surface area (Å²) in [6.45, 7) is 0. The van der Waals surface area contributed by atoms with E-state index in [-0.39, 0.29) is 0 Å². The van der Waals surface area contributed by atoms with Gasteiger partial charge in [-0.3, -0.25) is 3.97 Å². The van der Waals surface area contributed by atoms with Crippen LogP contribution in [0.1, 0.15) is 0 Å². The van der Waals surface area contributed by atoms with Gasteiger partial charge in [-0.05, 0) is 24.3 Å². The molecule has 4 heteroatoms. The van der Waals surface area contributed by atoms with Crippen LogP contribution in [0.4, 0.5) is 5.69 Å². The maximum absolute atomic E-state index is 5.66. The fourth-order valence-electron chi connectivity index (χ4n) is 1.20. The minimum atomic E-state index is 0.818. The average molecular weight is 290 g/mol. The maximum Gasteiger partial charge on any atom is 0.0600 e. The van der Waals surface area contributed by atoms with E-state index in [0.29, 0.717) is 0 Å². The first kappa shape index (κ1) is 8.25. The Hall–Kier alpha value is -0.360. The van der Waals surface area contributed by atoms with E-state index in [1.165, 1.54) is 10.9 Å². The molecule has 1 heterocycles. The van der Waals surface area contributed by atoms with Crippen LogP contribution in [-0.4, -0.2) is 3.97 Å². The second-order valence-electron chi connectivity index (χ2n) is 2.53. The lowest BCUT2D eigenvalue weighted by Crippen LogP contribution is -1.83. The highest BCUT2D eigenvalue weighted by atomic mass is 127. The highest BCUT2D eigenvalue weighted by Crippen LogP contribution is 2.25. The van der Waals surface area contributed by atoms with E-state index in [0.717, 1.165) is 5.69 Å². The quantitative estimate of drug-likeness (QED) is 0.646. The first-order chi connectivity index (χ1) is 5.81. The zero-order chi connectivity index (χ0) is 8.55. The summed E-state index contributed by atoms with van der Waals surface area (Å²) in [4.78, 5) is 0. The Morgan fingerprint density at radius 1 is 1.33 bits per heavy atom. The highest BCUT2D eigenvalue weighted by Gasteiger charge is 1.99. The van der Waals surface area contributed by atoms with Crippen LogP contribution in [0.2, 0.25) is 0 Å². The van der Waals surface area contributed by atoms with Gasteiger partial charge >= 0.3 is 0 Å². The molecule has 0 saturated carbocycles. The van der Waals surface area contributed by atoms with Crippen molar-refractivity contribution in [2.45, 2.75) is 0 Å². The summed E-state index contributed by atoms with van der Waals surface area (Å²) in [6, 6.07) is 8.01. The third kappa shape index (κ3) is 1.29. The Balaban J connectivity index is 2.73. The summed E-state index contributed by atoms with van der Waals surface area (Å²) in [6.07, 6.45) is 2.04. The SMILES string of the molecule is Nc1ccc2c(ccn2SI)c1. The Morgan fingerprint density at radius 3 is 2.92 bits per heavy atom. The van der Waals surface area contributed by atoms with Crippen LogP contribution < -0.4 is 5.73 Å². The van der Waals surface area contributed by atoms with Crippen LogP contribution >= 0.6 is 30.3 Å². The Kier molecular flexibility index (Phi) is 2.18. The van der Waals surface area contributed by atoms with Gasteiger partial charge in [0.15, 0.2) is 0 Å². The first-order valence-electron chi connectivity index (χ1n) is 3.47. The molecule has 2 nitrogen and oxygen atoms in total. The molecule has 0 fully saturated rings. The number of halogens is 1. The predicted octanol–water partition coefficient (Wildman–Crippen LogP) is 3.07. The second-order valence-corrected chi connectivity index (χ2v) is 4.24. The molecule has 0 amide bonds. The van der Waals surface area contributed by atoms with E-state index < -0.39 is 0 Å². The largest absolute Gasteiger partial charge is 0.399 e. The summed E-state index contributed by atoms with van der Waals surface area (Å²) in [5, 5.41) is 1.19. The lowest BCUT2D eigenvalue weighted by Gasteiger charge is -1.97. The van der Waals surface area contributed by atoms with E-state index in [4.69, 9.17) is 5.73 Å². The number of fused-ring (bicyclic) bond motifs is 1. The molecule has 0 radical (unpaired) electrons. The second kappa shape index (κ2) is 3.18. The first-order valence-corrected chi connectivity index (χ1v) is 6.78. The number of hydrogen-bond acceptors (Lipinski definition) is 2. The summed E-state index contributed by atoms with van der Waals surface area (Å²) in [5.41, 5.74) is 7.69. The van der Waals surface area contributed by atoms with Gasteiger partial charge in [-0.1, -0.05) is 0 Å². The van der Waals surface area contributed by atoms with Crippen LogP contribution in [0.5, 0.6) is 0 Å². The molecule has 0 bridgehead atoms. The molecule has 62 valence electrons. The molecule has 2 N–H and O–H groups in total. The number of nitrogens with zero attached hydrogens (tertiary/aromatic N) is 1. The van der Waals surface area contributed by atoms with Crippen molar-refractivity contribution < 1.29 is 0 Å². The number of aromatic nitrogens is 1. The molecular weight excluding hydrogens is 283 g/mol. The van der Waals surface area contributed by atoms with Crippen LogP contribution in [0, 0.1) is 0 Å². The topological polar surface area (TPSA) is 30.9 Å². The monoisotopic (exact) mass is 290 g/mol. The van der Waals surface area contributed by atoms with Gasteiger partial charge in [-0.2, -0.15) is 0 Å². The van der Waals surface area contributed by atoms with E-state index in [9.17, 15) is 0 Å². The van der Waals surface area contributed by atoms with E-state index in [1.54, 1.807) is 9.12 Å². The van der Waals surface area contributed by atoms with E-state index in [2.05, 4.69) is 31.2 Å². The third-order valence-corrected chi connectivity index (χ3v) is 3.49. The van der Waals surface area contributed by atoms with Gasteiger partial charge in [-0.25, -0.2) is 0 Å². The molecule has 0 aliphatic rings. The predicted molar refractivity (Wildman–Crippen MR) is 63.4 cm³/mol. The van der Waals surface area contributed by atoms with Crippen molar-refractivity contribution >= 4 is 46.9 Å². The van der Waals surface area contributed by atoms with Gasteiger partial charge in [0, 0.05) is 47.6 Å². The molecular formula is C8H7IN2S. The molecule has 0 aliphatic heterocycles. The standard InChI is InChI=1S/C8H7IN2S/c9-12-11-4-3-6-5-7(10)1-2-8(6)11/h1-5H,10H2. The maximum atomic E-state index is 5.66. The van der Waals surface area contributed by atoms with Gasteiger partial charge in [-0.15, -0.1) is 0 Å². The smallest absolute Gasteiger partial charge is 0.0600 e. The molecule has 0 saturated heterocycles. The van der Waals surface area contributed by atoms with Crippen molar-refractivity contribution in [3.63, 3.8) is 0 Å². The van der Waals surface area contributed by atoms with E-state index >= 15 is 0 Å². The summed E-state index contributed by atoms with van der Waals surface area (Å²) in [5.74, 6) is 0. The normalized spacial score (nSPS) is 10.8. The number of nitrogens with two attached hydrogens (primary N) is 1. The number of anilines is 1. The molecule has 0 unspecified atom stereocenters. The van der Waals surface area contributed by atoms with Crippen molar-refractivity contribution in [1.29, 1.82) is 0 Å². The molecule has 2 rings (SSSR count). The molecule has 0 aliphatic carbocycles. The third-order valence-electron chi connectivity index (χ3n) is 1.75. The number of nitrogen functional groups attached to an aromatic ring is 1. The molecule has 2 aromatic rings. The van der Waals surface area contributed by atoms with Crippen LogP contribution in [0.25, 0.3) is 10.9 Å². The fourth-order valence-corrected chi connectivity index (χ4v) is 2.57. The lowest BCUT2D eigenvalue weighted by atomic mass is 10.2. The number of benzene rings is 1. The van der Waals surface area contributed by atoms with Gasteiger partial charge in [0.1, 0.15) is 0 Å².